The second kappa shape index (κ2) is 8.22. The van der Waals surface area contributed by atoms with Gasteiger partial charge >= 0.3 is 0 Å². The molecule has 0 unspecified atom stereocenters. The lowest BCUT2D eigenvalue weighted by Gasteiger charge is -2.14. The van der Waals surface area contributed by atoms with E-state index >= 15 is 0 Å². The standard InChI is InChI=1S/C18H21FN2O3S/c1-13-3-9-17(10-4-13)25(23,24)20-12-11-18(22)21-14(2)15-5-7-16(19)8-6-15/h3-10,14,20H,11-12H2,1-2H3,(H,21,22)/t14-/m1/s1. The third-order valence-corrected chi connectivity index (χ3v) is 5.20. The average Bonchev–Trinajstić information content (AvgIpc) is 2.55. The fraction of sp³-hybridized carbons (Fsp3) is 0.278. The molecule has 0 bridgehead atoms. The van der Waals surface area contributed by atoms with E-state index < -0.39 is 10.0 Å². The molecular formula is C18H21FN2O3S. The summed E-state index contributed by atoms with van der Waals surface area (Å²) in [5, 5.41) is 2.75. The van der Waals surface area contributed by atoms with Gasteiger partial charge in [0.2, 0.25) is 15.9 Å². The number of hydrogen-bond donors (Lipinski definition) is 2. The average molecular weight is 364 g/mol. The Bertz CT molecular complexity index is 818. The van der Waals surface area contributed by atoms with Crippen LogP contribution in [0.2, 0.25) is 0 Å². The van der Waals surface area contributed by atoms with Gasteiger partial charge in [-0.25, -0.2) is 17.5 Å². The topological polar surface area (TPSA) is 75.3 Å². The fourth-order valence-corrected chi connectivity index (χ4v) is 3.28. The number of carbonyl (C=O) groups excluding carboxylic acids is 1. The van der Waals surface area contributed by atoms with Gasteiger partial charge in [-0.1, -0.05) is 29.8 Å². The molecule has 7 heteroatoms. The summed E-state index contributed by atoms with van der Waals surface area (Å²) in [7, 11) is -3.63. The van der Waals surface area contributed by atoms with E-state index in [9.17, 15) is 17.6 Å². The summed E-state index contributed by atoms with van der Waals surface area (Å²) in [6, 6.07) is 12.0. The van der Waals surface area contributed by atoms with Crippen LogP contribution in [0.5, 0.6) is 0 Å². The van der Waals surface area contributed by atoms with Crippen molar-refractivity contribution in [2.45, 2.75) is 31.2 Å². The number of carbonyl (C=O) groups is 1. The van der Waals surface area contributed by atoms with Crippen LogP contribution in [0, 0.1) is 12.7 Å². The fourth-order valence-electron chi connectivity index (χ4n) is 2.25. The molecule has 2 aromatic rings. The van der Waals surface area contributed by atoms with Crippen LogP contribution in [0.1, 0.15) is 30.5 Å². The molecule has 0 aliphatic rings. The minimum atomic E-state index is -3.63. The van der Waals surface area contributed by atoms with Crippen molar-refractivity contribution in [3.05, 3.63) is 65.5 Å². The van der Waals surface area contributed by atoms with Crippen LogP contribution in [-0.4, -0.2) is 20.9 Å². The van der Waals surface area contributed by atoms with E-state index in [1.165, 1.54) is 24.3 Å². The van der Waals surface area contributed by atoms with Gasteiger partial charge < -0.3 is 5.32 Å². The lowest BCUT2D eigenvalue weighted by Crippen LogP contribution is -2.32. The molecule has 2 rings (SSSR count). The van der Waals surface area contributed by atoms with Crippen molar-refractivity contribution >= 4 is 15.9 Å². The van der Waals surface area contributed by atoms with Crippen molar-refractivity contribution in [2.24, 2.45) is 0 Å². The summed E-state index contributed by atoms with van der Waals surface area (Å²) in [5.41, 5.74) is 1.74. The van der Waals surface area contributed by atoms with Crippen molar-refractivity contribution in [3.63, 3.8) is 0 Å². The van der Waals surface area contributed by atoms with E-state index in [4.69, 9.17) is 0 Å². The molecule has 0 aliphatic carbocycles. The Morgan fingerprint density at radius 3 is 2.28 bits per heavy atom. The molecular weight excluding hydrogens is 343 g/mol. The summed E-state index contributed by atoms with van der Waals surface area (Å²) < 4.78 is 39.6. The third kappa shape index (κ3) is 5.65. The highest BCUT2D eigenvalue weighted by atomic mass is 32.2. The van der Waals surface area contributed by atoms with Gasteiger partial charge in [0.05, 0.1) is 10.9 Å². The Morgan fingerprint density at radius 1 is 1.08 bits per heavy atom. The molecule has 0 heterocycles. The lowest BCUT2D eigenvalue weighted by molar-refractivity contribution is -0.121. The third-order valence-electron chi connectivity index (χ3n) is 3.72. The number of rotatable bonds is 7. The Balaban J connectivity index is 1.83. The van der Waals surface area contributed by atoms with Gasteiger partial charge in [0.25, 0.3) is 0 Å². The van der Waals surface area contributed by atoms with Crippen LogP contribution in [0.15, 0.2) is 53.4 Å². The molecule has 0 saturated heterocycles. The van der Waals surface area contributed by atoms with Crippen LogP contribution < -0.4 is 10.0 Å². The van der Waals surface area contributed by atoms with Crippen LogP contribution in [0.4, 0.5) is 4.39 Å². The summed E-state index contributed by atoms with van der Waals surface area (Å²) in [4.78, 5) is 12.1. The quantitative estimate of drug-likeness (QED) is 0.793. The zero-order chi connectivity index (χ0) is 18.4. The smallest absolute Gasteiger partial charge is 0.240 e. The van der Waals surface area contributed by atoms with Gasteiger partial charge in [0.1, 0.15) is 5.82 Å². The molecule has 25 heavy (non-hydrogen) atoms. The predicted molar refractivity (Wildman–Crippen MR) is 93.9 cm³/mol. The first-order valence-corrected chi connectivity index (χ1v) is 9.37. The first-order chi connectivity index (χ1) is 11.8. The van der Waals surface area contributed by atoms with Crippen LogP contribution in [0.25, 0.3) is 0 Å². The SMILES string of the molecule is Cc1ccc(S(=O)(=O)NCCC(=O)N[C@H](C)c2ccc(F)cc2)cc1. The predicted octanol–water partition coefficient (Wildman–Crippen LogP) is 2.68. The second-order valence-electron chi connectivity index (χ2n) is 5.80. The van der Waals surface area contributed by atoms with Crippen molar-refractivity contribution in [2.75, 3.05) is 6.54 Å². The molecule has 0 aromatic heterocycles. The maximum absolute atomic E-state index is 12.9. The first-order valence-electron chi connectivity index (χ1n) is 7.89. The minimum Gasteiger partial charge on any atom is -0.350 e. The Morgan fingerprint density at radius 2 is 1.68 bits per heavy atom. The zero-order valence-electron chi connectivity index (χ0n) is 14.1. The highest BCUT2D eigenvalue weighted by Gasteiger charge is 2.15. The van der Waals surface area contributed by atoms with Gasteiger partial charge in [0.15, 0.2) is 0 Å². The summed E-state index contributed by atoms with van der Waals surface area (Å²) >= 11 is 0. The molecule has 0 spiro atoms. The van der Waals surface area contributed by atoms with Crippen LogP contribution >= 0.6 is 0 Å². The monoisotopic (exact) mass is 364 g/mol. The van der Waals surface area contributed by atoms with Gasteiger partial charge in [-0.2, -0.15) is 0 Å². The molecule has 0 aliphatic heterocycles. The normalized spacial score (nSPS) is 12.6. The molecule has 134 valence electrons. The van der Waals surface area contributed by atoms with E-state index in [1.54, 1.807) is 31.2 Å². The molecule has 2 N–H and O–H groups in total. The Labute approximate surface area is 147 Å². The maximum atomic E-state index is 12.9. The Hall–Kier alpha value is -2.25. The Kier molecular flexibility index (Phi) is 6.27. The maximum Gasteiger partial charge on any atom is 0.240 e. The number of hydrogen-bond acceptors (Lipinski definition) is 3. The summed E-state index contributed by atoms with van der Waals surface area (Å²) in [6.07, 6.45) is 0.0105. The van der Waals surface area contributed by atoms with Crippen molar-refractivity contribution in [1.82, 2.24) is 10.0 Å². The summed E-state index contributed by atoms with van der Waals surface area (Å²) in [6.45, 7) is 3.65. The van der Waals surface area contributed by atoms with Crippen LogP contribution in [0.3, 0.4) is 0 Å². The van der Waals surface area contributed by atoms with E-state index in [1.807, 2.05) is 6.92 Å². The lowest BCUT2D eigenvalue weighted by atomic mass is 10.1. The highest BCUT2D eigenvalue weighted by Crippen LogP contribution is 2.13. The van der Waals surface area contributed by atoms with E-state index in [0.717, 1.165) is 11.1 Å². The number of benzene rings is 2. The van der Waals surface area contributed by atoms with Crippen molar-refractivity contribution in [3.8, 4) is 0 Å². The van der Waals surface area contributed by atoms with Gasteiger partial charge in [-0.15, -0.1) is 0 Å². The number of amides is 1. The van der Waals surface area contributed by atoms with Crippen molar-refractivity contribution < 1.29 is 17.6 Å². The molecule has 2 aromatic carbocycles. The van der Waals surface area contributed by atoms with E-state index in [-0.39, 0.29) is 35.6 Å². The largest absolute Gasteiger partial charge is 0.350 e. The van der Waals surface area contributed by atoms with E-state index in [0.29, 0.717) is 0 Å². The minimum absolute atomic E-state index is 0.00180. The van der Waals surface area contributed by atoms with Crippen LogP contribution in [-0.2, 0) is 14.8 Å². The molecule has 5 nitrogen and oxygen atoms in total. The highest BCUT2D eigenvalue weighted by molar-refractivity contribution is 7.89. The molecule has 0 radical (unpaired) electrons. The number of halogens is 1. The van der Waals surface area contributed by atoms with Crippen molar-refractivity contribution in [1.29, 1.82) is 0 Å². The molecule has 0 fully saturated rings. The molecule has 1 atom stereocenters. The van der Waals surface area contributed by atoms with Gasteiger partial charge in [-0.05, 0) is 43.7 Å². The zero-order valence-corrected chi connectivity index (χ0v) is 14.9. The number of nitrogens with one attached hydrogen (secondary N) is 2. The summed E-state index contributed by atoms with van der Waals surface area (Å²) in [5.74, 6) is -0.629. The molecule has 0 saturated carbocycles. The molecule has 1 amide bonds. The number of aryl methyl sites for hydroxylation is 1. The second-order valence-corrected chi connectivity index (χ2v) is 7.57. The van der Waals surface area contributed by atoms with E-state index in [2.05, 4.69) is 10.0 Å². The first kappa shape index (κ1) is 19.1. The number of sulfonamides is 1. The van der Waals surface area contributed by atoms with Gasteiger partial charge in [0, 0.05) is 13.0 Å². The van der Waals surface area contributed by atoms with Gasteiger partial charge in [-0.3, -0.25) is 4.79 Å².